The minimum atomic E-state index is -0.373. The summed E-state index contributed by atoms with van der Waals surface area (Å²) < 4.78 is 5.73. The summed E-state index contributed by atoms with van der Waals surface area (Å²) in [5, 5.41) is 10.1. The lowest BCUT2D eigenvalue weighted by molar-refractivity contribution is 0.101. The van der Waals surface area contributed by atoms with Crippen molar-refractivity contribution in [2.45, 2.75) is 20.0 Å². The molecule has 33 heavy (non-hydrogen) atoms. The van der Waals surface area contributed by atoms with E-state index in [0.717, 1.165) is 34.4 Å². The number of hydrogen-bond acceptors (Lipinski definition) is 5. The molecule has 4 rings (SSSR count). The van der Waals surface area contributed by atoms with Crippen molar-refractivity contribution >= 4 is 17.4 Å². The van der Waals surface area contributed by atoms with Gasteiger partial charge >= 0.3 is 5.69 Å². The lowest BCUT2D eigenvalue weighted by atomic mass is 10.0. The number of benzene rings is 3. The summed E-state index contributed by atoms with van der Waals surface area (Å²) in [5.74, 6) is -0.222. The highest BCUT2D eigenvalue weighted by Crippen LogP contribution is 2.36. The number of nitrogens with one attached hydrogen (secondary N) is 1. The number of nitrogens with zero attached hydrogens (tertiary/aromatic N) is 1. The molecule has 166 valence electrons. The number of Topliss-reactive ketones (excluding diaryl/α,β-unsaturated/α-hetero) is 1. The molecular weight excluding hydrogens is 440 g/mol. The molecule has 4 aromatic rings. The smallest absolute Gasteiger partial charge is 0.345 e. The molecule has 0 saturated carbocycles. The standard InChI is InChI=1S/C26H21ClN2O4/c1-16(30)21-9-10-23(24(27)25(21)31)33-15-18-7-5-17(6-8-18)13-19-3-2-4-20(14-19)22-11-12-28-26(32)29-22/h2-12,14,31H,13,15H2,1H3,(H,28,29,32). The molecule has 0 bridgehead atoms. The van der Waals surface area contributed by atoms with Gasteiger partial charge in [0.2, 0.25) is 0 Å². The van der Waals surface area contributed by atoms with Crippen LogP contribution in [-0.4, -0.2) is 20.9 Å². The van der Waals surface area contributed by atoms with Gasteiger partial charge in [0.15, 0.2) is 5.78 Å². The van der Waals surface area contributed by atoms with Gasteiger partial charge in [-0.2, -0.15) is 0 Å². The number of aromatic hydroxyl groups is 1. The molecule has 0 saturated heterocycles. The molecule has 0 atom stereocenters. The molecule has 0 aliphatic heterocycles. The van der Waals surface area contributed by atoms with Crippen LogP contribution in [0, 0.1) is 0 Å². The lowest BCUT2D eigenvalue weighted by Gasteiger charge is -2.11. The van der Waals surface area contributed by atoms with Gasteiger partial charge in [-0.1, -0.05) is 54.1 Å². The molecule has 6 nitrogen and oxygen atoms in total. The van der Waals surface area contributed by atoms with Crippen LogP contribution in [0.15, 0.2) is 77.7 Å². The van der Waals surface area contributed by atoms with Gasteiger partial charge in [0.1, 0.15) is 23.1 Å². The maximum absolute atomic E-state index is 11.5. The zero-order chi connectivity index (χ0) is 23.4. The first-order valence-corrected chi connectivity index (χ1v) is 10.7. The van der Waals surface area contributed by atoms with Crippen LogP contribution in [0.5, 0.6) is 11.5 Å². The zero-order valence-electron chi connectivity index (χ0n) is 17.8. The number of hydrogen-bond donors (Lipinski definition) is 2. The average Bonchev–Trinajstić information content (AvgIpc) is 2.81. The summed E-state index contributed by atoms with van der Waals surface area (Å²) in [4.78, 5) is 29.4. The maximum Gasteiger partial charge on any atom is 0.345 e. The van der Waals surface area contributed by atoms with Crippen molar-refractivity contribution in [2.75, 3.05) is 0 Å². The fourth-order valence-corrected chi connectivity index (χ4v) is 3.70. The fraction of sp³-hybridized carbons (Fsp3) is 0.115. The van der Waals surface area contributed by atoms with Crippen LogP contribution in [0.2, 0.25) is 5.02 Å². The van der Waals surface area contributed by atoms with Gasteiger partial charge in [-0.05, 0) is 59.9 Å². The third-order valence-electron chi connectivity index (χ3n) is 5.20. The van der Waals surface area contributed by atoms with Crippen molar-refractivity contribution in [1.29, 1.82) is 0 Å². The Hall–Kier alpha value is -3.90. The molecule has 1 aromatic heterocycles. The highest BCUT2D eigenvalue weighted by atomic mass is 35.5. The van der Waals surface area contributed by atoms with E-state index in [9.17, 15) is 14.7 Å². The van der Waals surface area contributed by atoms with Crippen molar-refractivity contribution in [3.8, 4) is 22.8 Å². The van der Waals surface area contributed by atoms with Crippen LogP contribution in [0.1, 0.15) is 34.0 Å². The Morgan fingerprint density at radius 3 is 2.52 bits per heavy atom. The molecule has 0 fully saturated rings. The van der Waals surface area contributed by atoms with E-state index < -0.39 is 0 Å². The summed E-state index contributed by atoms with van der Waals surface area (Å²) in [6, 6.07) is 20.8. The predicted octanol–water partition coefficient (Wildman–Crippen LogP) is 5.17. The number of halogens is 1. The number of carbonyl (C=O) groups is 1. The van der Waals surface area contributed by atoms with E-state index in [1.165, 1.54) is 19.2 Å². The van der Waals surface area contributed by atoms with Gasteiger partial charge in [0.25, 0.3) is 0 Å². The number of aromatic amines is 1. The second-order valence-corrected chi connectivity index (χ2v) is 7.98. The Balaban J connectivity index is 1.42. The molecule has 0 spiro atoms. The Morgan fingerprint density at radius 1 is 1.03 bits per heavy atom. The van der Waals surface area contributed by atoms with Crippen molar-refractivity contribution in [1.82, 2.24) is 9.97 Å². The molecule has 0 aliphatic rings. The topological polar surface area (TPSA) is 92.3 Å². The summed E-state index contributed by atoms with van der Waals surface area (Å²) in [6.45, 7) is 1.63. The Bertz CT molecular complexity index is 1360. The number of ether oxygens (including phenoxy) is 1. The summed E-state index contributed by atoms with van der Waals surface area (Å²) in [6.07, 6.45) is 2.23. The number of carbonyl (C=O) groups excluding carboxylic acids is 1. The first kappa shape index (κ1) is 22.3. The molecule has 0 aliphatic carbocycles. The molecule has 2 N–H and O–H groups in total. The number of aromatic nitrogens is 2. The average molecular weight is 461 g/mol. The second kappa shape index (κ2) is 9.71. The number of phenols is 1. The van der Waals surface area contributed by atoms with E-state index in [0.29, 0.717) is 5.75 Å². The van der Waals surface area contributed by atoms with Crippen molar-refractivity contribution in [3.05, 3.63) is 111 Å². The maximum atomic E-state index is 11.5. The molecule has 0 amide bonds. The molecule has 3 aromatic carbocycles. The van der Waals surface area contributed by atoms with Gasteiger partial charge in [0.05, 0.1) is 11.3 Å². The SMILES string of the molecule is CC(=O)c1ccc(OCc2ccc(Cc3cccc(-c4ccnc(=O)[nH]4)c3)cc2)c(Cl)c1O. The van der Waals surface area contributed by atoms with Crippen LogP contribution in [0.4, 0.5) is 0 Å². The molecular formula is C26H21ClN2O4. The molecule has 7 heteroatoms. The lowest BCUT2D eigenvalue weighted by Crippen LogP contribution is -2.09. The Morgan fingerprint density at radius 2 is 1.79 bits per heavy atom. The summed E-state index contributed by atoms with van der Waals surface area (Å²) >= 11 is 6.14. The molecule has 0 unspecified atom stereocenters. The van der Waals surface area contributed by atoms with Crippen LogP contribution in [0.25, 0.3) is 11.3 Å². The van der Waals surface area contributed by atoms with Crippen molar-refractivity contribution < 1.29 is 14.6 Å². The number of ketones is 1. The Labute approximate surface area is 195 Å². The van der Waals surface area contributed by atoms with E-state index in [1.807, 2.05) is 48.5 Å². The predicted molar refractivity (Wildman–Crippen MR) is 127 cm³/mol. The number of H-pyrrole nitrogens is 1. The third kappa shape index (κ3) is 5.30. The minimum absolute atomic E-state index is 0.0229. The van der Waals surface area contributed by atoms with E-state index >= 15 is 0 Å². The van der Waals surface area contributed by atoms with E-state index in [-0.39, 0.29) is 34.4 Å². The molecule has 1 heterocycles. The van der Waals surface area contributed by atoms with Crippen LogP contribution >= 0.6 is 11.6 Å². The van der Waals surface area contributed by atoms with Crippen molar-refractivity contribution in [3.63, 3.8) is 0 Å². The fourth-order valence-electron chi connectivity index (χ4n) is 3.48. The van der Waals surface area contributed by atoms with E-state index in [2.05, 4.69) is 9.97 Å². The van der Waals surface area contributed by atoms with Crippen LogP contribution in [-0.2, 0) is 13.0 Å². The number of rotatable bonds is 7. The normalized spacial score (nSPS) is 10.7. The first-order valence-electron chi connectivity index (χ1n) is 10.3. The highest BCUT2D eigenvalue weighted by Gasteiger charge is 2.14. The van der Waals surface area contributed by atoms with E-state index in [1.54, 1.807) is 12.1 Å². The van der Waals surface area contributed by atoms with Gasteiger partial charge in [0, 0.05) is 6.20 Å². The number of phenolic OH excluding ortho intramolecular Hbond substituents is 1. The van der Waals surface area contributed by atoms with Gasteiger partial charge < -0.3 is 14.8 Å². The van der Waals surface area contributed by atoms with Gasteiger partial charge in [-0.15, -0.1) is 0 Å². The van der Waals surface area contributed by atoms with Crippen LogP contribution in [0.3, 0.4) is 0 Å². The van der Waals surface area contributed by atoms with Crippen molar-refractivity contribution in [2.24, 2.45) is 0 Å². The van der Waals surface area contributed by atoms with Gasteiger partial charge in [-0.25, -0.2) is 9.78 Å². The summed E-state index contributed by atoms with van der Waals surface area (Å²) in [5.41, 5.74) is 4.62. The second-order valence-electron chi connectivity index (χ2n) is 7.60. The summed E-state index contributed by atoms with van der Waals surface area (Å²) in [7, 11) is 0. The van der Waals surface area contributed by atoms with E-state index in [4.69, 9.17) is 16.3 Å². The van der Waals surface area contributed by atoms with Crippen LogP contribution < -0.4 is 10.4 Å². The Kier molecular flexibility index (Phi) is 6.56. The van der Waals surface area contributed by atoms with Gasteiger partial charge in [-0.3, -0.25) is 4.79 Å². The minimum Gasteiger partial charge on any atom is -0.505 e. The quantitative estimate of drug-likeness (QED) is 0.371. The zero-order valence-corrected chi connectivity index (χ0v) is 18.6. The largest absolute Gasteiger partial charge is 0.505 e. The third-order valence-corrected chi connectivity index (χ3v) is 5.56. The first-order chi connectivity index (χ1) is 15.9. The molecule has 0 radical (unpaired) electrons. The highest BCUT2D eigenvalue weighted by molar-refractivity contribution is 6.34. The monoisotopic (exact) mass is 460 g/mol.